The summed E-state index contributed by atoms with van der Waals surface area (Å²) in [7, 11) is 0.834. The highest BCUT2D eigenvalue weighted by Crippen LogP contribution is 2.38. The van der Waals surface area contributed by atoms with E-state index in [0.717, 1.165) is 17.6 Å². The molecule has 0 heterocycles. The van der Waals surface area contributed by atoms with Crippen LogP contribution in [0.1, 0.15) is 39.2 Å². The number of methoxy groups -OCH3 is 2. The molecule has 162 valence electrons. The maximum absolute atomic E-state index is 11.8. The van der Waals surface area contributed by atoms with Gasteiger partial charge in [-0.15, -0.1) is 0 Å². The first-order chi connectivity index (χ1) is 13.5. The van der Waals surface area contributed by atoms with Crippen LogP contribution in [-0.2, 0) is 30.1 Å². The van der Waals surface area contributed by atoms with Gasteiger partial charge in [0.15, 0.2) is 8.32 Å². The molecule has 1 atom stereocenters. The van der Waals surface area contributed by atoms with E-state index in [0.29, 0.717) is 12.2 Å². The summed E-state index contributed by atoms with van der Waals surface area (Å²) in [5.41, 5.74) is 0.929. The van der Waals surface area contributed by atoms with Crippen LogP contribution >= 0.6 is 0 Å². The molecule has 0 fully saturated rings. The highest BCUT2D eigenvalue weighted by Gasteiger charge is 2.39. The van der Waals surface area contributed by atoms with Crippen molar-refractivity contribution in [3.8, 4) is 5.75 Å². The van der Waals surface area contributed by atoms with Crippen molar-refractivity contribution in [1.29, 1.82) is 0 Å². The van der Waals surface area contributed by atoms with Gasteiger partial charge in [-0.2, -0.15) is 0 Å². The van der Waals surface area contributed by atoms with Crippen molar-refractivity contribution < 1.29 is 28.2 Å². The second-order valence-electron chi connectivity index (χ2n) is 8.38. The molecule has 0 N–H and O–H groups in total. The quantitative estimate of drug-likeness (QED) is 0.170. The summed E-state index contributed by atoms with van der Waals surface area (Å²) in [6.07, 6.45) is 2.35. The van der Waals surface area contributed by atoms with E-state index in [2.05, 4.69) is 33.9 Å². The predicted octanol–water partition coefficient (Wildman–Crippen LogP) is 4.64. The van der Waals surface area contributed by atoms with E-state index in [1.54, 1.807) is 7.11 Å². The first-order valence-electron chi connectivity index (χ1n) is 9.68. The Bertz CT molecular complexity index is 688. The molecule has 7 heteroatoms. The van der Waals surface area contributed by atoms with Crippen LogP contribution < -0.4 is 4.74 Å². The number of hydrogen-bond donors (Lipinski definition) is 0. The normalized spacial score (nSPS) is 13.6. The fourth-order valence-corrected chi connectivity index (χ4v) is 3.71. The SMILES string of the molecule is COC(=O)/C=C(/C[C@@H](CC=O)O[Si](C)(C)C(C)(C)C)OCc1ccc(OC)cc1. The van der Waals surface area contributed by atoms with E-state index in [1.807, 2.05) is 24.3 Å². The minimum Gasteiger partial charge on any atom is -0.497 e. The molecule has 0 saturated heterocycles. The second-order valence-corrected chi connectivity index (χ2v) is 13.1. The summed E-state index contributed by atoms with van der Waals surface area (Å²) in [4.78, 5) is 23.0. The molecule has 1 rings (SSSR count). The van der Waals surface area contributed by atoms with Gasteiger partial charge in [0.1, 0.15) is 24.4 Å². The van der Waals surface area contributed by atoms with Gasteiger partial charge in [-0.3, -0.25) is 0 Å². The topological polar surface area (TPSA) is 71.1 Å². The summed E-state index contributed by atoms with van der Waals surface area (Å²) in [6, 6.07) is 7.48. The lowest BCUT2D eigenvalue weighted by Gasteiger charge is -2.39. The smallest absolute Gasteiger partial charge is 0.333 e. The second kappa shape index (κ2) is 11.2. The minimum atomic E-state index is -2.09. The summed E-state index contributed by atoms with van der Waals surface area (Å²) < 4.78 is 22.2. The van der Waals surface area contributed by atoms with E-state index in [9.17, 15) is 9.59 Å². The standard InChI is InChI=1S/C22H34O6Si/c1-22(2,3)29(6,7)28-19(12-13-23)14-20(15-21(24)26-5)27-16-17-8-10-18(25-4)11-9-17/h8-11,13,15,19H,12,14,16H2,1-7H3/b20-15-/t19-/m1/s1. The number of carbonyl (C=O) groups is 2. The lowest BCUT2D eigenvalue weighted by Crippen LogP contribution is -2.44. The molecular weight excluding hydrogens is 388 g/mol. The zero-order valence-electron chi connectivity index (χ0n) is 18.6. The summed E-state index contributed by atoms with van der Waals surface area (Å²) >= 11 is 0. The third kappa shape index (κ3) is 8.41. The fraction of sp³-hybridized carbons (Fsp3) is 0.545. The molecule has 6 nitrogen and oxygen atoms in total. The molecule has 0 spiro atoms. The Hall–Kier alpha value is -2.12. The average Bonchev–Trinajstić information content (AvgIpc) is 2.65. The number of carbonyl (C=O) groups excluding carboxylic acids is 2. The van der Waals surface area contributed by atoms with Crippen molar-refractivity contribution in [2.24, 2.45) is 0 Å². The van der Waals surface area contributed by atoms with Crippen molar-refractivity contribution in [1.82, 2.24) is 0 Å². The third-order valence-electron chi connectivity index (χ3n) is 5.12. The monoisotopic (exact) mass is 422 g/mol. The van der Waals surface area contributed by atoms with Gasteiger partial charge in [0.2, 0.25) is 0 Å². The molecular formula is C22H34O6Si. The number of hydrogen-bond acceptors (Lipinski definition) is 6. The van der Waals surface area contributed by atoms with Crippen LogP contribution in [0.2, 0.25) is 18.1 Å². The molecule has 0 bridgehead atoms. The molecule has 0 aliphatic carbocycles. The first-order valence-corrected chi connectivity index (χ1v) is 12.6. The summed E-state index contributed by atoms with van der Waals surface area (Å²) in [5, 5.41) is 0.00428. The number of esters is 1. The van der Waals surface area contributed by atoms with Crippen molar-refractivity contribution >= 4 is 20.6 Å². The highest BCUT2D eigenvalue weighted by molar-refractivity contribution is 6.74. The van der Waals surface area contributed by atoms with Gasteiger partial charge in [0.05, 0.1) is 26.4 Å². The maximum Gasteiger partial charge on any atom is 0.333 e. The fourth-order valence-electron chi connectivity index (χ4n) is 2.35. The van der Waals surface area contributed by atoms with Crippen molar-refractivity contribution in [2.45, 2.75) is 64.5 Å². The van der Waals surface area contributed by atoms with Crippen LogP contribution in [-0.4, -0.2) is 40.9 Å². The van der Waals surface area contributed by atoms with Crippen LogP contribution in [0, 0.1) is 0 Å². The van der Waals surface area contributed by atoms with Crippen LogP contribution in [0.15, 0.2) is 36.1 Å². The number of aldehydes is 1. The molecule has 0 unspecified atom stereocenters. The Morgan fingerprint density at radius 2 is 1.76 bits per heavy atom. The minimum absolute atomic E-state index is 0.00428. The van der Waals surface area contributed by atoms with Crippen molar-refractivity contribution in [2.75, 3.05) is 14.2 Å². The predicted molar refractivity (Wildman–Crippen MR) is 115 cm³/mol. The molecule has 1 aromatic rings. The number of ether oxygens (including phenoxy) is 3. The molecule has 1 aromatic carbocycles. The Morgan fingerprint density at radius 1 is 1.14 bits per heavy atom. The van der Waals surface area contributed by atoms with E-state index in [4.69, 9.17) is 18.6 Å². The van der Waals surface area contributed by atoms with Crippen LogP contribution in [0.25, 0.3) is 0 Å². The van der Waals surface area contributed by atoms with Gasteiger partial charge in [0.25, 0.3) is 0 Å². The molecule has 0 amide bonds. The average molecular weight is 423 g/mol. The van der Waals surface area contributed by atoms with Crippen LogP contribution in [0.4, 0.5) is 0 Å². The lowest BCUT2D eigenvalue weighted by atomic mass is 10.1. The molecule has 29 heavy (non-hydrogen) atoms. The maximum atomic E-state index is 11.8. The summed E-state index contributed by atoms with van der Waals surface area (Å²) in [6.45, 7) is 11.0. The van der Waals surface area contributed by atoms with Gasteiger partial charge in [-0.1, -0.05) is 32.9 Å². The third-order valence-corrected chi connectivity index (χ3v) is 9.65. The number of benzene rings is 1. The van der Waals surface area contributed by atoms with E-state index < -0.39 is 14.3 Å². The molecule has 0 aliphatic rings. The Kier molecular flexibility index (Phi) is 9.59. The van der Waals surface area contributed by atoms with Crippen LogP contribution in [0.3, 0.4) is 0 Å². The van der Waals surface area contributed by atoms with Gasteiger partial charge in [-0.25, -0.2) is 4.79 Å². The molecule has 0 aromatic heterocycles. The molecule has 0 radical (unpaired) electrons. The molecule has 0 saturated carbocycles. The van der Waals surface area contributed by atoms with Gasteiger partial charge < -0.3 is 23.4 Å². The van der Waals surface area contributed by atoms with E-state index in [1.165, 1.54) is 13.2 Å². The zero-order valence-corrected chi connectivity index (χ0v) is 19.6. The molecule has 0 aliphatic heterocycles. The highest BCUT2D eigenvalue weighted by atomic mass is 28.4. The van der Waals surface area contributed by atoms with Gasteiger partial charge in [-0.05, 0) is 35.8 Å². The van der Waals surface area contributed by atoms with E-state index >= 15 is 0 Å². The first kappa shape index (κ1) is 24.9. The Morgan fingerprint density at radius 3 is 2.24 bits per heavy atom. The van der Waals surface area contributed by atoms with E-state index in [-0.39, 0.29) is 24.2 Å². The zero-order chi connectivity index (χ0) is 22.1. The lowest BCUT2D eigenvalue weighted by molar-refractivity contribution is -0.135. The Labute approximate surface area is 175 Å². The summed E-state index contributed by atoms with van der Waals surface area (Å²) in [5.74, 6) is 0.679. The Balaban J connectivity index is 2.94. The van der Waals surface area contributed by atoms with Gasteiger partial charge in [0, 0.05) is 12.8 Å². The number of rotatable bonds is 11. The van der Waals surface area contributed by atoms with Crippen molar-refractivity contribution in [3.63, 3.8) is 0 Å². The van der Waals surface area contributed by atoms with Gasteiger partial charge >= 0.3 is 5.97 Å². The van der Waals surface area contributed by atoms with Crippen LogP contribution in [0.5, 0.6) is 5.75 Å². The van der Waals surface area contributed by atoms with Crippen molar-refractivity contribution in [3.05, 3.63) is 41.7 Å². The largest absolute Gasteiger partial charge is 0.497 e.